The SMILES string of the molecule is CCCC(CC)CCC(=O)N(c1ccccc1)c1ccc(F)nc1. The summed E-state index contributed by atoms with van der Waals surface area (Å²) in [6, 6.07) is 12.3. The maximum absolute atomic E-state index is 13.1. The fourth-order valence-corrected chi connectivity index (χ4v) is 2.91. The van der Waals surface area contributed by atoms with Gasteiger partial charge in [0.15, 0.2) is 0 Å². The minimum atomic E-state index is -0.548. The second-order valence-electron chi connectivity index (χ2n) is 6.01. The summed E-state index contributed by atoms with van der Waals surface area (Å²) in [4.78, 5) is 18.2. The first kappa shape index (κ1) is 18.1. The van der Waals surface area contributed by atoms with Crippen LogP contribution >= 0.6 is 0 Å². The molecule has 128 valence electrons. The van der Waals surface area contributed by atoms with E-state index in [-0.39, 0.29) is 5.91 Å². The van der Waals surface area contributed by atoms with Crippen molar-refractivity contribution in [3.05, 3.63) is 54.6 Å². The second kappa shape index (κ2) is 9.16. The molecule has 0 aliphatic carbocycles. The summed E-state index contributed by atoms with van der Waals surface area (Å²) in [6.45, 7) is 4.34. The van der Waals surface area contributed by atoms with Crippen LogP contribution in [0.5, 0.6) is 0 Å². The van der Waals surface area contributed by atoms with Crippen LogP contribution in [0.25, 0.3) is 0 Å². The molecule has 1 heterocycles. The molecule has 0 saturated heterocycles. The molecule has 1 atom stereocenters. The Kier molecular flexibility index (Phi) is 6.91. The second-order valence-corrected chi connectivity index (χ2v) is 6.01. The van der Waals surface area contributed by atoms with E-state index in [0.29, 0.717) is 18.0 Å². The van der Waals surface area contributed by atoms with E-state index in [2.05, 4.69) is 18.8 Å². The predicted octanol–water partition coefficient (Wildman–Crippen LogP) is 5.49. The summed E-state index contributed by atoms with van der Waals surface area (Å²) in [5, 5.41) is 0. The zero-order chi connectivity index (χ0) is 17.4. The number of anilines is 2. The molecule has 3 nitrogen and oxygen atoms in total. The molecule has 24 heavy (non-hydrogen) atoms. The van der Waals surface area contributed by atoms with Gasteiger partial charge in [0.25, 0.3) is 0 Å². The number of benzene rings is 1. The zero-order valence-electron chi connectivity index (χ0n) is 14.4. The van der Waals surface area contributed by atoms with Gasteiger partial charge in [0, 0.05) is 12.1 Å². The number of halogens is 1. The number of carbonyl (C=O) groups is 1. The molecule has 1 aromatic heterocycles. The number of hydrogen-bond acceptors (Lipinski definition) is 2. The fraction of sp³-hybridized carbons (Fsp3) is 0.400. The molecule has 0 fully saturated rings. The van der Waals surface area contributed by atoms with Crippen LogP contribution in [-0.4, -0.2) is 10.9 Å². The maximum atomic E-state index is 13.1. The Balaban J connectivity index is 2.19. The van der Waals surface area contributed by atoms with Crippen molar-refractivity contribution in [1.29, 1.82) is 0 Å². The number of pyridine rings is 1. The van der Waals surface area contributed by atoms with Crippen molar-refractivity contribution in [3.63, 3.8) is 0 Å². The van der Waals surface area contributed by atoms with Gasteiger partial charge in [-0.15, -0.1) is 0 Å². The van der Waals surface area contributed by atoms with Gasteiger partial charge in [0.2, 0.25) is 11.9 Å². The van der Waals surface area contributed by atoms with E-state index in [4.69, 9.17) is 0 Å². The van der Waals surface area contributed by atoms with Crippen LogP contribution in [0.1, 0.15) is 46.0 Å². The maximum Gasteiger partial charge on any atom is 0.231 e. The van der Waals surface area contributed by atoms with E-state index in [1.165, 1.54) is 12.3 Å². The molecular weight excluding hydrogens is 303 g/mol. The zero-order valence-corrected chi connectivity index (χ0v) is 14.4. The van der Waals surface area contributed by atoms with Crippen LogP contribution in [0.3, 0.4) is 0 Å². The smallest absolute Gasteiger partial charge is 0.231 e. The number of hydrogen-bond donors (Lipinski definition) is 0. The average molecular weight is 328 g/mol. The Hall–Kier alpha value is -2.23. The molecule has 4 heteroatoms. The average Bonchev–Trinajstić information content (AvgIpc) is 2.61. The van der Waals surface area contributed by atoms with Crippen molar-refractivity contribution < 1.29 is 9.18 Å². The summed E-state index contributed by atoms with van der Waals surface area (Å²) in [6.07, 6.45) is 6.13. The van der Waals surface area contributed by atoms with E-state index in [9.17, 15) is 9.18 Å². The lowest BCUT2D eigenvalue weighted by molar-refractivity contribution is -0.118. The monoisotopic (exact) mass is 328 g/mol. The van der Waals surface area contributed by atoms with Gasteiger partial charge < -0.3 is 0 Å². The normalized spacial score (nSPS) is 12.0. The lowest BCUT2D eigenvalue weighted by atomic mass is 9.95. The number of para-hydroxylation sites is 1. The van der Waals surface area contributed by atoms with Crippen molar-refractivity contribution in [2.45, 2.75) is 46.0 Å². The Morgan fingerprint density at radius 1 is 1.08 bits per heavy atom. The molecule has 2 rings (SSSR count). The Morgan fingerprint density at radius 2 is 1.83 bits per heavy atom. The summed E-state index contributed by atoms with van der Waals surface area (Å²) < 4.78 is 13.1. The summed E-state index contributed by atoms with van der Waals surface area (Å²) >= 11 is 0. The van der Waals surface area contributed by atoms with Crippen molar-refractivity contribution in [2.75, 3.05) is 4.90 Å². The fourth-order valence-electron chi connectivity index (χ4n) is 2.91. The number of aromatic nitrogens is 1. The van der Waals surface area contributed by atoms with Crippen LogP contribution in [0.15, 0.2) is 48.7 Å². The highest BCUT2D eigenvalue weighted by molar-refractivity contribution is 6.00. The Bertz CT molecular complexity index is 628. The largest absolute Gasteiger partial charge is 0.280 e. The molecular formula is C20H25FN2O. The van der Waals surface area contributed by atoms with Crippen LogP contribution in [0, 0.1) is 11.9 Å². The Morgan fingerprint density at radius 3 is 2.42 bits per heavy atom. The molecule has 2 aromatic rings. The van der Waals surface area contributed by atoms with Crippen molar-refractivity contribution >= 4 is 17.3 Å². The highest BCUT2D eigenvalue weighted by Crippen LogP contribution is 2.27. The molecule has 1 amide bonds. The molecule has 1 aromatic carbocycles. The standard InChI is InChI=1S/C20H25FN2O/c1-3-8-16(4-2)11-14-20(24)23(17-9-6-5-7-10-17)18-12-13-19(21)22-15-18/h5-7,9-10,12-13,15-16H,3-4,8,11,14H2,1-2H3. The number of rotatable bonds is 8. The van der Waals surface area contributed by atoms with Crippen molar-refractivity contribution in [2.24, 2.45) is 5.92 Å². The van der Waals surface area contributed by atoms with Gasteiger partial charge in [-0.25, -0.2) is 4.98 Å². The predicted molar refractivity (Wildman–Crippen MR) is 95.7 cm³/mol. The molecule has 0 radical (unpaired) electrons. The molecule has 0 aliphatic heterocycles. The lowest BCUT2D eigenvalue weighted by Gasteiger charge is -2.24. The minimum absolute atomic E-state index is 0.0177. The third-order valence-corrected chi connectivity index (χ3v) is 4.27. The van der Waals surface area contributed by atoms with Crippen molar-refractivity contribution in [1.82, 2.24) is 4.98 Å². The first-order valence-electron chi connectivity index (χ1n) is 8.65. The highest BCUT2D eigenvalue weighted by atomic mass is 19.1. The molecule has 1 unspecified atom stereocenters. The van der Waals surface area contributed by atoms with E-state index in [1.807, 2.05) is 30.3 Å². The number of amides is 1. The van der Waals surface area contributed by atoms with Gasteiger partial charge in [0.05, 0.1) is 11.9 Å². The molecule has 0 N–H and O–H groups in total. The number of nitrogens with zero attached hydrogens (tertiary/aromatic N) is 2. The summed E-state index contributed by atoms with van der Waals surface area (Å²) in [5.74, 6) is 0.0419. The van der Waals surface area contributed by atoms with Crippen LogP contribution in [0.4, 0.5) is 15.8 Å². The number of carbonyl (C=O) groups excluding carboxylic acids is 1. The molecule has 0 spiro atoms. The first-order valence-corrected chi connectivity index (χ1v) is 8.65. The summed E-state index contributed by atoms with van der Waals surface area (Å²) in [7, 11) is 0. The van der Waals surface area contributed by atoms with Gasteiger partial charge in [0.1, 0.15) is 0 Å². The lowest BCUT2D eigenvalue weighted by Crippen LogP contribution is -2.26. The van der Waals surface area contributed by atoms with Crippen LogP contribution in [0.2, 0.25) is 0 Å². The summed E-state index contributed by atoms with van der Waals surface area (Å²) in [5.41, 5.74) is 1.37. The Labute approximate surface area is 143 Å². The van der Waals surface area contributed by atoms with E-state index >= 15 is 0 Å². The molecule has 0 bridgehead atoms. The van der Waals surface area contributed by atoms with Gasteiger partial charge in [-0.2, -0.15) is 4.39 Å². The van der Waals surface area contributed by atoms with Crippen LogP contribution in [-0.2, 0) is 4.79 Å². The quantitative estimate of drug-likeness (QED) is 0.600. The van der Waals surface area contributed by atoms with E-state index in [0.717, 1.165) is 31.4 Å². The van der Waals surface area contributed by atoms with Gasteiger partial charge in [-0.1, -0.05) is 51.3 Å². The van der Waals surface area contributed by atoms with Crippen LogP contribution < -0.4 is 4.90 Å². The topological polar surface area (TPSA) is 33.2 Å². The molecule has 0 aliphatic rings. The van der Waals surface area contributed by atoms with Gasteiger partial charge >= 0.3 is 0 Å². The molecule has 0 saturated carbocycles. The third kappa shape index (κ3) is 4.88. The first-order chi connectivity index (χ1) is 11.7. The van der Waals surface area contributed by atoms with Gasteiger partial charge in [-0.3, -0.25) is 9.69 Å². The van der Waals surface area contributed by atoms with Gasteiger partial charge in [-0.05, 0) is 36.6 Å². The van der Waals surface area contributed by atoms with E-state index in [1.54, 1.807) is 11.0 Å². The highest BCUT2D eigenvalue weighted by Gasteiger charge is 2.19. The van der Waals surface area contributed by atoms with E-state index < -0.39 is 5.95 Å². The van der Waals surface area contributed by atoms with Crippen molar-refractivity contribution in [3.8, 4) is 0 Å². The minimum Gasteiger partial charge on any atom is -0.280 e. The third-order valence-electron chi connectivity index (χ3n) is 4.27.